The second-order valence-electron chi connectivity index (χ2n) is 2.71. The Bertz CT molecular complexity index is 206. The summed E-state index contributed by atoms with van der Waals surface area (Å²) in [6.45, 7) is 1.75. The van der Waals surface area contributed by atoms with Crippen molar-refractivity contribution in [2.75, 3.05) is 13.6 Å². The van der Waals surface area contributed by atoms with Gasteiger partial charge in [-0.25, -0.2) is 4.39 Å². The number of nitrogens with one attached hydrogen (secondary N) is 1. The SMILES string of the molecule is CNCC(C)(F)c1ccco1. The summed E-state index contributed by atoms with van der Waals surface area (Å²) in [6, 6.07) is 3.32. The molecule has 1 unspecified atom stereocenters. The molecule has 3 heteroatoms. The van der Waals surface area contributed by atoms with Gasteiger partial charge in [0.2, 0.25) is 0 Å². The number of hydrogen-bond acceptors (Lipinski definition) is 2. The van der Waals surface area contributed by atoms with Gasteiger partial charge in [-0.15, -0.1) is 0 Å². The summed E-state index contributed by atoms with van der Waals surface area (Å²) in [5, 5.41) is 2.76. The quantitative estimate of drug-likeness (QED) is 0.722. The van der Waals surface area contributed by atoms with E-state index in [-0.39, 0.29) is 6.54 Å². The fourth-order valence-corrected chi connectivity index (χ4v) is 0.994. The maximum atomic E-state index is 13.5. The molecule has 1 atom stereocenters. The lowest BCUT2D eigenvalue weighted by Gasteiger charge is -2.16. The minimum atomic E-state index is -1.40. The van der Waals surface area contributed by atoms with Crippen LogP contribution in [-0.4, -0.2) is 13.6 Å². The van der Waals surface area contributed by atoms with Gasteiger partial charge in [-0.05, 0) is 26.1 Å². The first kappa shape index (κ1) is 8.27. The van der Waals surface area contributed by atoms with Crippen molar-refractivity contribution in [1.29, 1.82) is 0 Å². The van der Waals surface area contributed by atoms with E-state index in [0.717, 1.165) is 0 Å². The molecule has 1 N–H and O–H groups in total. The number of alkyl halides is 1. The molecule has 0 radical (unpaired) electrons. The van der Waals surface area contributed by atoms with Crippen molar-refractivity contribution in [1.82, 2.24) is 5.32 Å². The van der Waals surface area contributed by atoms with E-state index >= 15 is 0 Å². The molecule has 0 bridgehead atoms. The minimum Gasteiger partial charge on any atom is -0.466 e. The topological polar surface area (TPSA) is 25.2 Å². The molecule has 0 spiro atoms. The highest BCUT2D eigenvalue weighted by Gasteiger charge is 2.27. The van der Waals surface area contributed by atoms with Gasteiger partial charge in [0.1, 0.15) is 5.76 Å². The third-order valence-corrected chi connectivity index (χ3v) is 1.54. The highest BCUT2D eigenvalue weighted by Crippen LogP contribution is 2.24. The molecule has 1 rings (SSSR count). The van der Waals surface area contributed by atoms with E-state index in [1.165, 1.54) is 13.2 Å². The Morgan fingerprint density at radius 3 is 2.91 bits per heavy atom. The van der Waals surface area contributed by atoms with Crippen LogP contribution in [0.2, 0.25) is 0 Å². The Kier molecular flexibility index (Phi) is 2.29. The Balaban J connectivity index is 2.73. The van der Waals surface area contributed by atoms with Crippen molar-refractivity contribution in [2.45, 2.75) is 12.6 Å². The Morgan fingerprint density at radius 2 is 2.45 bits per heavy atom. The van der Waals surface area contributed by atoms with Gasteiger partial charge in [-0.2, -0.15) is 0 Å². The third kappa shape index (κ3) is 1.80. The molecule has 0 saturated carbocycles. The van der Waals surface area contributed by atoms with Gasteiger partial charge >= 0.3 is 0 Å². The summed E-state index contributed by atoms with van der Waals surface area (Å²) < 4.78 is 18.4. The molecule has 0 aliphatic carbocycles. The number of likely N-dealkylation sites (N-methyl/N-ethyl adjacent to an activating group) is 1. The second kappa shape index (κ2) is 3.05. The summed E-state index contributed by atoms with van der Waals surface area (Å²) in [7, 11) is 1.71. The van der Waals surface area contributed by atoms with E-state index in [2.05, 4.69) is 5.32 Å². The molecule has 1 aromatic rings. The Labute approximate surface area is 65.4 Å². The molecule has 1 heterocycles. The van der Waals surface area contributed by atoms with Crippen LogP contribution in [0.3, 0.4) is 0 Å². The monoisotopic (exact) mass is 157 g/mol. The largest absolute Gasteiger partial charge is 0.466 e. The fraction of sp³-hybridized carbons (Fsp3) is 0.500. The van der Waals surface area contributed by atoms with E-state index in [4.69, 9.17) is 4.42 Å². The summed E-state index contributed by atoms with van der Waals surface area (Å²) in [5.41, 5.74) is -1.40. The van der Waals surface area contributed by atoms with E-state index in [1.807, 2.05) is 0 Å². The summed E-state index contributed by atoms with van der Waals surface area (Å²) in [6.07, 6.45) is 1.48. The van der Waals surface area contributed by atoms with E-state index in [0.29, 0.717) is 5.76 Å². The molecule has 11 heavy (non-hydrogen) atoms. The van der Waals surface area contributed by atoms with Crippen molar-refractivity contribution < 1.29 is 8.81 Å². The normalized spacial score (nSPS) is 16.3. The lowest BCUT2D eigenvalue weighted by molar-refractivity contribution is 0.153. The van der Waals surface area contributed by atoms with Gasteiger partial charge in [0.15, 0.2) is 5.67 Å². The molecule has 0 saturated heterocycles. The van der Waals surface area contributed by atoms with Gasteiger partial charge in [0.25, 0.3) is 0 Å². The smallest absolute Gasteiger partial charge is 0.177 e. The van der Waals surface area contributed by atoms with E-state index in [1.54, 1.807) is 19.2 Å². The van der Waals surface area contributed by atoms with Gasteiger partial charge in [-0.3, -0.25) is 0 Å². The van der Waals surface area contributed by atoms with Crippen LogP contribution in [0, 0.1) is 0 Å². The van der Waals surface area contributed by atoms with Gasteiger partial charge < -0.3 is 9.73 Å². The van der Waals surface area contributed by atoms with Crippen LogP contribution >= 0.6 is 0 Å². The summed E-state index contributed by atoms with van der Waals surface area (Å²) in [5.74, 6) is 0.367. The minimum absolute atomic E-state index is 0.264. The maximum absolute atomic E-state index is 13.5. The van der Waals surface area contributed by atoms with Crippen LogP contribution in [0.15, 0.2) is 22.8 Å². The van der Waals surface area contributed by atoms with E-state index in [9.17, 15) is 4.39 Å². The van der Waals surface area contributed by atoms with Crippen molar-refractivity contribution in [3.63, 3.8) is 0 Å². The molecular formula is C8H12FNO. The molecule has 0 amide bonds. The highest BCUT2D eigenvalue weighted by molar-refractivity contribution is 5.08. The van der Waals surface area contributed by atoms with Crippen LogP contribution in [0.1, 0.15) is 12.7 Å². The molecule has 0 fully saturated rings. The average Bonchev–Trinajstić information content (AvgIpc) is 2.37. The first-order chi connectivity index (χ1) is 5.17. The van der Waals surface area contributed by atoms with Crippen molar-refractivity contribution in [3.05, 3.63) is 24.2 Å². The van der Waals surface area contributed by atoms with Gasteiger partial charge in [0.05, 0.1) is 6.26 Å². The van der Waals surface area contributed by atoms with Gasteiger partial charge in [0, 0.05) is 6.54 Å². The zero-order valence-corrected chi connectivity index (χ0v) is 6.73. The number of halogens is 1. The van der Waals surface area contributed by atoms with Crippen LogP contribution in [0.4, 0.5) is 4.39 Å². The first-order valence-corrected chi connectivity index (χ1v) is 3.54. The molecule has 1 aromatic heterocycles. The lowest BCUT2D eigenvalue weighted by Crippen LogP contribution is -2.28. The average molecular weight is 157 g/mol. The maximum Gasteiger partial charge on any atom is 0.177 e. The number of rotatable bonds is 3. The third-order valence-electron chi connectivity index (χ3n) is 1.54. The number of furan rings is 1. The van der Waals surface area contributed by atoms with Crippen molar-refractivity contribution >= 4 is 0 Å². The fourth-order valence-electron chi connectivity index (χ4n) is 0.994. The van der Waals surface area contributed by atoms with Crippen molar-refractivity contribution in [2.24, 2.45) is 0 Å². The molecule has 0 aliphatic heterocycles. The standard InChI is InChI=1S/C8H12FNO/c1-8(9,6-10-2)7-4-3-5-11-7/h3-5,10H,6H2,1-2H3. The summed E-state index contributed by atoms with van der Waals surface area (Å²) >= 11 is 0. The van der Waals surface area contributed by atoms with Crippen LogP contribution < -0.4 is 5.32 Å². The van der Waals surface area contributed by atoms with Crippen LogP contribution in [0.25, 0.3) is 0 Å². The summed E-state index contributed by atoms with van der Waals surface area (Å²) in [4.78, 5) is 0. The molecule has 62 valence electrons. The zero-order valence-electron chi connectivity index (χ0n) is 6.73. The molecule has 2 nitrogen and oxygen atoms in total. The molecule has 0 aliphatic rings. The van der Waals surface area contributed by atoms with Crippen LogP contribution in [0.5, 0.6) is 0 Å². The first-order valence-electron chi connectivity index (χ1n) is 3.54. The number of hydrogen-bond donors (Lipinski definition) is 1. The molecular weight excluding hydrogens is 145 g/mol. The van der Waals surface area contributed by atoms with Gasteiger partial charge in [-0.1, -0.05) is 0 Å². The molecule has 0 aromatic carbocycles. The zero-order chi connectivity index (χ0) is 8.32. The lowest BCUT2D eigenvalue weighted by atomic mass is 10.1. The van der Waals surface area contributed by atoms with Crippen molar-refractivity contribution in [3.8, 4) is 0 Å². The Morgan fingerprint density at radius 1 is 1.73 bits per heavy atom. The second-order valence-corrected chi connectivity index (χ2v) is 2.71. The van der Waals surface area contributed by atoms with E-state index < -0.39 is 5.67 Å². The van der Waals surface area contributed by atoms with Crippen LogP contribution in [-0.2, 0) is 5.67 Å². The highest BCUT2D eigenvalue weighted by atomic mass is 19.1. The predicted octanol–water partition coefficient (Wildman–Crippen LogP) is 1.68. The predicted molar refractivity (Wildman–Crippen MR) is 41.1 cm³/mol. The Hall–Kier alpha value is -0.830.